The van der Waals surface area contributed by atoms with Crippen LogP contribution in [0.25, 0.3) is 0 Å². The zero-order valence-electron chi connectivity index (χ0n) is 12.7. The maximum atomic E-state index is 5.69. The first-order valence-corrected chi connectivity index (χ1v) is 6.98. The number of rotatable bonds is 8. The van der Waals surface area contributed by atoms with Crippen molar-refractivity contribution in [3.05, 3.63) is 41.5 Å². The summed E-state index contributed by atoms with van der Waals surface area (Å²) in [7, 11) is 1.67. The number of benzene rings is 1. The molecule has 0 spiro atoms. The smallest absolute Gasteiger partial charge is 0.118 e. The summed E-state index contributed by atoms with van der Waals surface area (Å²) in [4.78, 5) is 0. The van der Waals surface area contributed by atoms with E-state index in [1.165, 1.54) is 5.57 Å². The molecule has 0 heterocycles. The van der Waals surface area contributed by atoms with Crippen molar-refractivity contribution >= 4 is 0 Å². The molecular weight excluding hydrogens is 248 g/mol. The van der Waals surface area contributed by atoms with Crippen molar-refractivity contribution in [3.63, 3.8) is 0 Å². The predicted octanol–water partition coefficient (Wildman–Crippen LogP) is 4.21. The number of terminal acetylenes is 1. The van der Waals surface area contributed by atoms with Gasteiger partial charge in [-0.2, -0.15) is 0 Å². The Balaban J connectivity index is 2.25. The Morgan fingerprint density at radius 2 is 2.05 bits per heavy atom. The fourth-order valence-corrected chi connectivity index (χ4v) is 1.77. The summed E-state index contributed by atoms with van der Waals surface area (Å²) in [6, 6.07) is 7.93. The summed E-state index contributed by atoms with van der Waals surface area (Å²) < 4.78 is 10.8. The summed E-state index contributed by atoms with van der Waals surface area (Å²) in [5, 5.41) is 0. The molecule has 0 fully saturated rings. The molecule has 1 atom stereocenters. The second-order valence-electron chi connectivity index (χ2n) is 5.04. The van der Waals surface area contributed by atoms with E-state index in [1.807, 2.05) is 24.3 Å². The average molecular weight is 272 g/mol. The second kappa shape index (κ2) is 9.23. The standard InChI is InChI=1S/C18H24O2/c1-5-15(2)7-6-8-16(3)13-20-14-17-9-11-18(19-4)12-10-17/h1,8-12,15H,6-7,13-14H2,2-4H3/b16-8+/t15-/m0/s1. The normalized spacial score (nSPS) is 12.8. The minimum atomic E-state index is 0.347. The number of methoxy groups -OCH3 is 1. The molecule has 0 bridgehead atoms. The fourth-order valence-electron chi connectivity index (χ4n) is 1.77. The van der Waals surface area contributed by atoms with Crippen molar-refractivity contribution in [2.45, 2.75) is 33.3 Å². The van der Waals surface area contributed by atoms with Gasteiger partial charge >= 0.3 is 0 Å². The first-order valence-electron chi connectivity index (χ1n) is 6.98. The Morgan fingerprint density at radius 3 is 2.65 bits per heavy atom. The topological polar surface area (TPSA) is 18.5 Å². The number of hydrogen-bond donors (Lipinski definition) is 0. The molecule has 0 saturated heterocycles. The van der Waals surface area contributed by atoms with Crippen molar-refractivity contribution in [2.24, 2.45) is 5.92 Å². The van der Waals surface area contributed by atoms with Crippen molar-refractivity contribution < 1.29 is 9.47 Å². The van der Waals surface area contributed by atoms with Gasteiger partial charge in [0.05, 0.1) is 20.3 Å². The SMILES string of the molecule is C#C[C@H](C)CC/C=C(\C)COCc1ccc(OC)cc1. The highest BCUT2D eigenvalue weighted by molar-refractivity contribution is 5.26. The van der Waals surface area contributed by atoms with Gasteiger partial charge in [0.25, 0.3) is 0 Å². The molecule has 0 aliphatic carbocycles. The Morgan fingerprint density at radius 1 is 1.35 bits per heavy atom. The second-order valence-corrected chi connectivity index (χ2v) is 5.04. The lowest BCUT2D eigenvalue weighted by atomic mass is 10.1. The Bertz CT molecular complexity index is 451. The highest BCUT2D eigenvalue weighted by atomic mass is 16.5. The van der Waals surface area contributed by atoms with Crippen LogP contribution in [0.4, 0.5) is 0 Å². The quantitative estimate of drug-likeness (QED) is 0.521. The van der Waals surface area contributed by atoms with Crippen LogP contribution in [0.3, 0.4) is 0 Å². The minimum absolute atomic E-state index is 0.347. The number of ether oxygens (including phenoxy) is 2. The summed E-state index contributed by atoms with van der Waals surface area (Å²) in [5.74, 6) is 3.96. The van der Waals surface area contributed by atoms with E-state index < -0.39 is 0 Å². The Hall–Kier alpha value is -1.72. The first kappa shape index (κ1) is 16.3. The molecule has 1 aromatic carbocycles. The van der Waals surface area contributed by atoms with Gasteiger partial charge in [-0.1, -0.05) is 30.7 Å². The maximum absolute atomic E-state index is 5.69. The van der Waals surface area contributed by atoms with E-state index in [-0.39, 0.29) is 0 Å². The molecule has 0 aliphatic rings. The molecule has 0 N–H and O–H groups in total. The fraction of sp³-hybridized carbons (Fsp3) is 0.444. The lowest BCUT2D eigenvalue weighted by molar-refractivity contribution is 0.142. The van der Waals surface area contributed by atoms with Crippen LogP contribution in [0, 0.1) is 18.3 Å². The van der Waals surface area contributed by atoms with E-state index in [0.717, 1.165) is 24.2 Å². The van der Waals surface area contributed by atoms with Crippen LogP contribution >= 0.6 is 0 Å². The molecule has 2 nitrogen and oxygen atoms in total. The van der Waals surface area contributed by atoms with E-state index in [2.05, 4.69) is 25.8 Å². The van der Waals surface area contributed by atoms with E-state index in [4.69, 9.17) is 15.9 Å². The van der Waals surface area contributed by atoms with Crippen LogP contribution in [-0.2, 0) is 11.3 Å². The molecule has 0 radical (unpaired) electrons. The van der Waals surface area contributed by atoms with Gasteiger partial charge in [0.1, 0.15) is 5.75 Å². The molecule has 0 amide bonds. The maximum Gasteiger partial charge on any atom is 0.118 e. The van der Waals surface area contributed by atoms with E-state index in [1.54, 1.807) is 7.11 Å². The van der Waals surface area contributed by atoms with E-state index >= 15 is 0 Å². The van der Waals surface area contributed by atoms with Gasteiger partial charge < -0.3 is 9.47 Å². The van der Waals surface area contributed by atoms with E-state index in [0.29, 0.717) is 19.1 Å². The number of hydrogen-bond acceptors (Lipinski definition) is 2. The summed E-state index contributed by atoms with van der Waals surface area (Å²) >= 11 is 0. The zero-order valence-corrected chi connectivity index (χ0v) is 12.7. The van der Waals surface area contributed by atoms with Crippen LogP contribution in [0.15, 0.2) is 35.9 Å². The van der Waals surface area contributed by atoms with Gasteiger partial charge in [0.15, 0.2) is 0 Å². The monoisotopic (exact) mass is 272 g/mol. The van der Waals surface area contributed by atoms with Crippen LogP contribution < -0.4 is 4.74 Å². The Kier molecular flexibility index (Phi) is 7.54. The van der Waals surface area contributed by atoms with E-state index in [9.17, 15) is 0 Å². The molecule has 0 unspecified atom stereocenters. The summed E-state index contributed by atoms with van der Waals surface area (Å²) in [6.45, 7) is 5.45. The van der Waals surface area contributed by atoms with Gasteiger partial charge in [0.2, 0.25) is 0 Å². The van der Waals surface area contributed by atoms with Gasteiger partial charge in [-0.25, -0.2) is 0 Å². The molecule has 108 valence electrons. The zero-order chi connectivity index (χ0) is 14.8. The van der Waals surface area contributed by atoms with Crippen molar-refractivity contribution in [2.75, 3.05) is 13.7 Å². The largest absolute Gasteiger partial charge is 0.497 e. The molecule has 0 saturated carbocycles. The van der Waals surface area contributed by atoms with Crippen LogP contribution in [0.5, 0.6) is 5.75 Å². The molecule has 2 heteroatoms. The van der Waals surface area contributed by atoms with Crippen LogP contribution in [-0.4, -0.2) is 13.7 Å². The summed E-state index contributed by atoms with van der Waals surface area (Å²) in [5.41, 5.74) is 2.40. The third-order valence-corrected chi connectivity index (χ3v) is 3.13. The third-order valence-electron chi connectivity index (χ3n) is 3.13. The highest BCUT2D eigenvalue weighted by Gasteiger charge is 1.97. The molecule has 0 aromatic heterocycles. The molecule has 0 aliphatic heterocycles. The average Bonchev–Trinajstić information content (AvgIpc) is 2.47. The van der Waals surface area contributed by atoms with Gasteiger partial charge in [0, 0.05) is 5.92 Å². The Labute approximate surface area is 122 Å². The molecule has 20 heavy (non-hydrogen) atoms. The van der Waals surface area contributed by atoms with Crippen LogP contribution in [0.1, 0.15) is 32.3 Å². The van der Waals surface area contributed by atoms with Gasteiger partial charge in [-0.15, -0.1) is 12.3 Å². The lowest BCUT2D eigenvalue weighted by Crippen LogP contribution is -1.97. The predicted molar refractivity (Wildman–Crippen MR) is 83.6 cm³/mol. The third kappa shape index (κ3) is 6.45. The van der Waals surface area contributed by atoms with Crippen LogP contribution in [0.2, 0.25) is 0 Å². The summed E-state index contributed by atoms with van der Waals surface area (Å²) in [6.07, 6.45) is 9.61. The first-order chi connectivity index (χ1) is 9.65. The molecular formula is C18H24O2. The van der Waals surface area contributed by atoms with Crippen molar-refractivity contribution in [1.82, 2.24) is 0 Å². The van der Waals surface area contributed by atoms with Crippen molar-refractivity contribution in [3.8, 4) is 18.1 Å². The lowest BCUT2D eigenvalue weighted by Gasteiger charge is -2.06. The van der Waals surface area contributed by atoms with Gasteiger partial charge in [-0.05, 0) is 37.5 Å². The molecule has 1 rings (SSSR count). The molecule has 1 aromatic rings. The van der Waals surface area contributed by atoms with Gasteiger partial charge in [-0.3, -0.25) is 0 Å². The minimum Gasteiger partial charge on any atom is -0.497 e. The number of allylic oxidation sites excluding steroid dienone is 1. The highest BCUT2D eigenvalue weighted by Crippen LogP contribution is 2.12. The van der Waals surface area contributed by atoms with Crippen molar-refractivity contribution in [1.29, 1.82) is 0 Å².